The molecule has 0 radical (unpaired) electrons. The highest BCUT2D eigenvalue weighted by Gasteiger charge is 2.27. The van der Waals surface area contributed by atoms with E-state index in [2.05, 4.69) is 25.8 Å². The number of rotatable bonds is 8. The SMILES string of the molecule is CC1=C(CC=NCC(=O)c2cccc(/C=C/C(=O)CO)c2)C(C)(C)CCC1. The van der Waals surface area contributed by atoms with Gasteiger partial charge >= 0.3 is 0 Å². The van der Waals surface area contributed by atoms with Crippen LogP contribution in [0.3, 0.4) is 0 Å². The number of benzene rings is 1. The maximum absolute atomic E-state index is 12.4. The van der Waals surface area contributed by atoms with Crippen molar-refractivity contribution in [3.05, 3.63) is 52.6 Å². The molecule has 2 rings (SSSR count). The summed E-state index contributed by atoms with van der Waals surface area (Å²) in [4.78, 5) is 27.9. The predicted molar refractivity (Wildman–Crippen MR) is 110 cm³/mol. The zero-order chi connectivity index (χ0) is 19.9. The molecule has 0 heterocycles. The van der Waals surface area contributed by atoms with Crippen LogP contribution in [0.1, 0.15) is 62.4 Å². The molecule has 0 aromatic heterocycles. The van der Waals surface area contributed by atoms with E-state index >= 15 is 0 Å². The Morgan fingerprint density at radius 2 is 2.07 bits per heavy atom. The molecule has 144 valence electrons. The number of aliphatic imine (C=N–C) groups is 1. The normalized spacial score (nSPS) is 17.0. The fourth-order valence-electron chi connectivity index (χ4n) is 3.58. The van der Waals surface area contributed by atoms with E-state index in [0.717, 1.165) is 18.4 Å². The van der Waals surface area contributed by atoms with E-state index < -0.39 is 6.61 Å². The third kappa shape index (κ3) is 6.10. The lowest BCUT2D eigenvalue weighted by Gasteiger charge is -2.34. The number of carbonyl (C=O) groups is 2. The minimum absolute atomic E-state index is 0.0522. The first kappa shape index (κ1) is 21.0. The second-order valence-corrected chi connectivity index (χ2v) is 7.73. The number of carbonyl (C=O) groups excluding carboxylic acids is 2. The van der Waals surface area contributed by atoms with Gasteiger partial charge < -0.3 is 5.11 Å². The van der Waals surface area contributed by atoms with Gasteiger partial charge in [0, 0.05) is 18.2 Å². The second kappa shape index (κ2) is 9.56. The summed E-state index contributed by atoms with van der Waals surface area (Å²) in [6.07, 6.45) is 9.18. The topological polar surface area (TPSA) is 66.7 Å². The molecule has 27 heavy (non-hydrogen) atoms. The number of hydrogen-bond donors (Lipinski definition) is 1. The summed E-state index contributed by atoms with van der Waals surface area (Å²) < 4.78 is 0. The van der Waals surface area contributed by atoms with Gasteiger partial charge in [-0.3, -0.25) is 14.6 Å². The van der Waals surface area contributed by atoms with Crippen molar-refractivity contribution < 1.29 is 14.7 Å². The predicted octanol–water partition coefficient (Wildman–Crippen LogP) is 4.43. The van der Waals surface area contributed by atoms with Gasteiger partial charge in [0.25, 0.3) is 0 Å². The van der Waals surface area contributed by atoms with E-state index in [9.17, 15) is 9.59 Å². The molecule has 4 heteroatoms. The van der Waals surface area contributed by atoms with Crippen LogP contribution in [0.4, 0.5) is 0 Å². The molecule has 0 fully saturated rings. The first-order chi connectivity index (χ1) is 12.8. The Balaban J connectivity index is 1.97. The molecule has 1 aliphatic carbocycles. The standard InChI is InChI=1S/C23H29NO3/c1-17-6-5-12-23(2,3)21(17)11-13-24-15-22(27)19-8-4-7-18(14-19)9-10-20(26)16-25/h4,7-10,13-14,25H,5-6,11-12,15-16H2,1-3H3/b10-9+,24-13?. The molecule has 4 nitrogen and oxygen atoms in total. The smallest absolute Gasteiger partial charge is 0.184 e. The summed E-state index contributed by atoms with van der Waals surface area (Å²) in [5.74, 6) is -0.421. The van der Waals surface area contributed by atoms with Crippen LogP contribution in [-0.4, -0.2) is 36.0 Å². The Labute approximate surface area is 161 Å². The highest BCUT2D eigenvalue weighted by atomic mass is 16.3. The van der Waals surface area contributed by atoms with E-state index in [-0.39, 0.29) is 23.5 Å². The van der Waals surface area contributed by atoms with Crippen molar-refractivity contribution in [1.82, 2.24) is 0 Å². The van der Waals surface area contributed by atoms with Crippen molar-refractivity contribution in [2.75, 3.05) is 13.2 Å². The molecular weight excluding hydrogens is 338 g/mol. The highest BCUT2D eigenvalue weighted by molar-refractivity contribution is 5.99. The first-order valence-electron chi connectivity index (χ1n) is 9.46. The van der Waals surface area contributed by atoms with Gasteiger partial charge in [0.2, 0.25) is 0 Å². The molecule has 0 unspecified atom stereocenters. The second-order valence-electron chi connectivity index (χ2n) is 7.73. The first-order valence-corrected chi connectivity index (χ1v) is 9.46. The van der Waals surface area contributed by atoms with Crippen LogP contribution >= 0.6 is 0 Å². The van der Waals surface area contributed by atoms with Crippen LogP contribution in [0, 0.1) is 5.41 Å². The summed E-state index contributed by atoms with van der Waals surface area (Å²) in [5.41, 5.74) is 4.44. The Bertz CT molecular complexity index is 785. The van der Waals surface area contributed by atoms with Gasteiger partial charge in [-0.25, -0.2) is 0 Å². The Morgan fingerprint density at radius 3 is 2.78 bits per heavy atom. The average Bonchev–Trinajstić information content (AvgIpc) is 2.64. The van der Waals surface area contributed by atoms with Crippen LogP contribution in [0.2, 0.25) is 0 Å². The highest BCUT2D eigenvalue weighted by Crippen LogP contribution is 2.41. The van der Waals surface area contributed by atoms with Crippen LogP contribution in [0.15, 0.2) is 46.5 Å². The van der Waals surface area contributed by atoms with E-state index in [0.29, 0.717) is 5.56 Å². The minimum atomic E-state index is -0.517. The lowest BCUT2D eigenvalue weighted by molar-refractivity contribution is -0.117. The summed E-state index contributed by atoms with van der Waals surface area (Å²) in [7, 11) is 0. The zero-order valence-corrected chi connectivity index (χ0v) is 16.5. The van der Waals surface area contributed by atoms with Crippen LogP contribution in [-0.2, 0) is 4.79 Å². The van der Waals surface area contributed by atoms with Crippen LogP contribution in [0.5, 0.6) is 0 Å². The van der Waals surface area contributed by atoms with Gasteiger partial charge in [0.15, 0.2) is 11.6 Å². The molecule has 0 bridgehead atoms. The van der Waals surface area contributed by atoms with Crippen LogP contribution in [0.25, 0.3) is 6.08 Å². The number of Topliss-reactive ketones (excluding diaryl/α,β-unsaturated/α-hetero) is 1. The van der Waals surface area contributed by atoms with Gasteiger partial charge in [0.1, 0.15) is 13.2 Å². The number of aliphatic hydroxyl groups excluding tert-OH is 1. The van der Waals surface area contributed by atoms with Gasteiger partial charge in [-0.2, -0.15) is 0 Å². The summed E-state index contributed by atoms with van der Waals surface area (Å²) in [6, 6.07) is 7.07. The number of nitrogens with zero attached hydrogens (tertiary/aromatic N) is 1. The van der Waals surface area contributed by atoms with E-state index in [1.807, 2.05) is 12.3 Å². The maximum atomic E-state index is 12.4. The molecule has 1 aliphatic rings. The van der Waals surface area contributed by atoms with Crippen molar-refractivity contribution in [2.24, 2.45) is 10.4 Å². The molecule has 0 aliphatic heterocycles. The number of hydrogen-bond acceptors (Lipinski definition) is 4. The van der Waals surface area contributed by atoms with Gasteiger partial charge in [0.05, 0.1) is 0 Å². The molecule has 0 amide bonds. The van der Waals surface area contributed by atoms with Crippen molar-refractivity contribution in [2.45, 2.75) is 46.5 Å². The summed E-state index contributed by atoms with van der Waals surface area (Å²) in [5, 5.41) is 8.74. The summed E-state index contributed by atoms with van der Waals surface area (Å²) >= 11 is 0. The summed E-state index contributed by atoms with van der Waals surface area (Å²) in [6.45, 7) is 6.37. The molecule has 0 saturated heterocycles. The van der Waals surface area contributed by atoms with Crippen LogP contribution < -0.4 is 0 Å². The quantitative estimate of drug-likeness (QED) is 0.320. The van der Waals surface area contributed by atoms with E-state index in [1.165, 1.54) is 30.1 Å². The molecule has 1 N–H and O–H groups in total. The largest absolute Gasteiger partial charge is 0.388 e. The van der Waals surface area contributed by atoms with Gasteiger partial charge in [-0.1, -0.05) is 49.3 Å². The van der Waals surface area contributed by atoms with Gasteiger partial charge in [-0.15, -0.1) is 0 Å². The van der Waals surface area contributed by atoms with Crippen molar-refractivity contribution in [3.8, 4) is 0 Å². The molecule has 1 aromatic carbocycles. The average molecular weight is 367 g/mol. The number of allylic oxidation sites excluding steroid dienone is 2. The zero-order valence-electron chi connectivity index (χ0n) is 16.5. The van der Waals surface area contributed by atoms with E-state index in [1.54, 1.807) is 24.3 Å². The lowest BCUT2D eigenvalue weighted by atomic mass is 9.72. The van der Waals surface area contributed by atoms with Crippen molar-refractivity contribution >= 4 is 23.9 Å². The third-order valence-electron chi connectivity index (χ3n) is 5.17. The molecule has 0 saturated carbocycles. The Kier molecular flexibility index (Phi) is 7.43. The lowest BCUT2D eigenvalue weighted by Crippen LogP contribution is -2.20. The fraction of sp³-hybridized carbons (Fsp3) is 0.435. The Hall–Kier alpha value is -2.33. The van der Waals surface area contributed by atoms with Crippen molar-refractivity contribution in [3.63, 3.8) is 0 Å². The van der Waals surface area contributed by atoms with Gasteiger partial charge in [-0.05, 0) is 49.3 Å². The minimum Gasteiger partial charge on any atom is -0.388 e. The third-order valence-corrected chi connectivity index (χ3v) is 5.17. The number of aliphatic hydroxyl groups is 1. The molecule has 0 spiro atoms. The van der Waals surface area contributed by atoms with Crippen molar-refractivity contribution in [1.29, 1.82) is 0 Å². The fourth-order valence-corrected chi connectivity index (χ4v) is 3.58. The monoisotopic (exact) mass is 367 g/mol. The molecule has 1 aromatic rings. The van der Waals surface area contributed by atoms with E-state index in [4.69, 9.17) is 5.11 Å². The molecule has 0 atom stereocenters. The molecular formula is C23H29NO3. The maximum Gasteiger partial charge on any atom is 0.184 e. The Morgan fingerprint density at radius 1 is 1.30 bits per heavy atom. The number of ketones is 2.